The summed E-state index contributed by atoms with van der Waals surface area (Å²) in [4.78, 5) is 17.2. The van der Waals surface area contributed by atoms with Gasteiger partial charge in [-0.05, 0) is 94.6 Å². The molecular formula is C26H34N2O4S. The number of hydrogen-bond acceptors (Lipinski definition) is 5. The lowest BCUT2D eigenvalue weighted by molar-refractivity contribution is -0.123. The van der Waals surface area contributed by atoms with Crippen LogP contribution in [0, 0.1) is 37.0 Å². The second kappa shape index (κ2) is 8.26. The maximum atomic E-state index is 12.8. The van der Waals surface area contributed by atoms with E-state index in [9.17, 15) is 13.2 Å². The molecule has 1 amide bonds. The predicted octanol–water partition coefficient (Wildman–Crippen LogP) is 4.59. The summed E-state index contributed by atoms with van der Waals surface area (Å²) >= 11 is 0. The molecule has 1 N–H and O–H groups in total. The smallest absolute Gasteiger partial charge is 0.235 e. The van der Waals surface area contributed by atoms with Crippen LogP contribution in [0.5, 0.6) is 0 Å². The molecule has 33 heavy (non-hydrogen) atoms. The van der Waals surface area contributed by atoms with Gasteiger partial charge < -0.3 is 9.73 Å². The van der Waals surface area contributed by atoms with Crippen molar-refractivity contribution in [2.75, 3.05) is 5.75 Å². The first kappa shape index (κ1) is 22.6. The molecule has 4 aliphatic carbocycles. The highest BCUT2D eigenvalue weighted by Gasteiger charge is 2.53. The average Bonchev–Trinajstić information content (AvgIpc) is 3.06. The van der Waals surface area contributed by atoms with Crippen molar-refractivity contribution >= 4 is 15.7 Å². The molecule has 0 saturated heterocycles. The van der Waals surface area contributed by atoms with Crippen molar-refractivity contribution in [2.24, 2.45) is 23.2 Å². The molecule has 0 aliphatic heterocycles. The van der Waals surface area contributed by atoms with Crippen LogP contribution in [0.2, 0.25) is 0 Å². The zero-order valence-corrected chi connectivity index (χ0v) is 20.6. The summed E-state index contributed by atoms with van der Waals surface area (Å²) in [5, 5.41) is 3.07. The van der Waals surface area contributed by atoms with Gasteiger partial charge in [0.25, 0.3) is 0 Å². The normalized spacial score (nSPS) is 29.2. The number of aromatic nitrogens is 1. The number of hydrogen-bond donors (Lipinski definition) is 1. The monoisotopic (exact) mass is 470 g/mol. The summed E-state index contributed by atoms with van der Waals surface area (Å²) in [6.45, 7) is 5.79. The summed E-state index contributed by atoms with van der Waals surface area (Å²) in [7, 11) is -3.67. The lowest BCUT2D eigenvalue weighted by atomic mass is 9.48. The summed E-state index contributed by atoms with van der Waals surface area (Å²) in [6, 6.07) is 7.73. The Hall–Kier alpha value is -2.15. The Morgan fingerprint density at radius 1 is 1.09 bits per heavy atom. The molecule has 7 heteroatoms. The van der Waals surface area contributed by atoms with Gasteiger partial charge >= 0.3 is 0 Å². The van der Waals surface area contributed by atoms with Gasteiger partial charge in [0.05, 0.1) is 11.4 Å². The van der Waals surface area contributed by atoms with Gasteiger partial charge in [0.15, 0.2) is 9.84 Å². The summed E-state index contributed by atoms with van der Waals surface area (Å²) in [5.74, 6) is 2.02. The molecule has 4 saturated carbocycles. The highest BCUT2D eigenvalue weighted by atomic mass is 32.2. The number of carbonyl (C=O) groups is 1. The average molecular weight is 471 g/mol. The van der Waals surface area contributed by atoms with Crippen molar-refractivity contribution in [3.05, 3.63) is 41.3 Å². The number of sulfone groups is 1. The molecule has 4 fully saturated rings. The molecule has 0 unspecified atom stereocenters. The van der Waals surface area contributed by atoms with E-state index in [1.807, 2.05) is 31.2 Å². The fraction of sp³-hybridized carbons (Fsp3) is 0.615. The third kappa shape index (κ3) is 4.61. The molecule has 6 rings (SSSR count). The van der Waals surface area contributed by atoms with E-state index >= 15 is 0 Å². The summed E-state index contributed by atoms with van der Waals surface area (Å²) in [5.41, 5.74) is 2.44. The standard InChI is InChI=1S/C26H34N2O4S/c1-16-4-6-22(7-5-16)25-28-23(17(2)32-25)14-33(30,31)15-24(29)27-18(3)26-11-19-8-20(12-26)10-21(9-19)13-26/h4-7,18-21H,8-15H2,1-3H3,(H,27,29)/t18-,19?,20?,21?,26?/m0/s1. The molecule has 2 aromatic rings. The van der Waals surface area contributed by atoms with E-state index in [0.29, 0.717) is 17.3 Å². The molecule has 1 atom stereocenters. The van der Waals surface area contributed by atoms with Gasteiger partial charge in [-0.25, -0.2) is 13.4 Å². The van der Waals surface area contributed by atoms with Gasteiger partial charge in [0, 0.05) is 11.6 Å². The molecule has 0 spiro atoms. The van der Waals surface area contributed by atoms with Crippen LogP contribution in [-0.2, 0) is 20.4 Å². The third-order valence-corrected chi connectivity index (χ3v) is 9.70. The van der Waals surface area contributed by atoms with Gasteiger partial charge in [-0.15, -0.1) is 0 Å². The number of carbonyl (C=O) groups excluding carboxylic acids is 1. The van der Waals surface area contributed by atoms with Crippen LogP contribution in [0.15, 0.2) is 28.7 Å². The molecule has 1 aromatic heterocycles. The number of nitrogens with zero attached hydrogens (tertiary/aromatic N) is 1. The zero-order valence-electron chi connectivity index (χ0n) is 19.8. The molecule has 6 nitrogen and oxygen atoms in total. The number of benzene rings is 1. The van der Waals surface area contributed by atoms with Gasteiger partial charge in [0.2, 0.25) is 11.8 Å². The first-order chi connectivity index (χ1) is 15.6. The third-order valence-electron chi connectivity index (χ3n) is 8.28. The topological polar surface area (TPSA) is 89.3 Å². The Bertz CT molecular complexity index is 1110. The van der Waals surface area contributed by atoms with Crippen molar-refractivity contribution < 1.29 is 17.6 Å². The minimum absolute atomic E-state index is 0.00975. The van der Waals surface area contributed by atoms with E-state index in [0.717, 1.165) is 28.9 Å². The molecule has 4 bridgehead atoms. The van der Waals surface area contributed by atoms with Crippen LogP contribution in [0.25, 0.3) is 11.5 Å². The Morgan fingerprint density at radius 3 is 2.24 bits per heavy atom. The van der Waals surface area contributed by atoms with Crippen LogP contribution in [0.1, 0.15) is 62.5 Å². The van der Waals surface area contributed by atoms with Crippen LogP contribution in [0.3, 0.4) is 0 Å². The van der Waals surface area contributed by atoms with Crippen molar-refractivity contribution in [3.63, 3.8) is 0 Å². The lowest BCUT2D eigenvalue weighted by Crippen LogP contribution is -2.56. The first-order valence-corrected chi connectivity index (χ1v) is 14.0. The second-order valence-corrected chi connectivity index (χ2v) is 13.1. The number of nitrogens with one attached hydrogen (secondary N) is 1. The van der Waals surface area contributed by atoms with E-state index in [1.165, 1.54) is 38.5 Å². The lowest BCUT2D eigenvalue weighted by Gasteiger charge is -2.59. The van der Waals surface area contributed by atoms with Crippen LogP contribution in [-0.4, -0.2) is 31.1 Å². The Kier molecular flexibility index (Phi) is 5.66. The van der Waals surface area contributed by atoms with Crippen molar-refractivity contribution in [1.82, 2.24) is 10.3 Å². The van der Waals surface area contributed by atoms with Crippen molar-refractivity contribution in [2.45, 2.75) is 71.1 Å². The number of rotatable bonds is 7. The Morgan fingerprint density at radius 2 is 1.67 bits per heavy atom. The van der Waals surface area contributed by atoms with Crippen LogP contribution in [0.4, 0.5) is 0 Å². The van der Waals surface area contributed by atoms with E-state index in [2.05, 4.69) is 17.2 Å². The minimum Gasteiger partial charge on any atom is -0.441 e. The summed E-state index contributed by atoms with van der Waals surface area (Å²) < 4.78 is 31.4. The highest BCUT2D eigenvalue weighted by Crippen LogP contribution is 2.61. The van der Waals surface area contributed by atoms with Crippen molar-refractivity contribution in [1.29, 1.82) is 0 Å². The Balaban J connectivity index is 1.22. The summed E-state index contributed by atoms with van der Waals surface area (Å²) in [6.07, 6.45) is 7.55. The van der Waals surface area contributed by atoms with Gasteiger partial charge in [-0.1, -0.05) is 17.7 Å². The van der Waals surface area contributed by atoms with Crippen LogP contribution < -0.4 is 5.32 Å². The maximum Gasteiger partial charge on any atom is 0.235 e. The second-order valence-electron chi connectivity index (χ2n) is 11.0. The number of amides is 1. The predicted molar refractivity (Wildman–Crippen MR) is 127 cm³/mol. The van der Waals surface area contributed by atoms with Gasteiger partial charge in [0.1, 0.15) is 11.5 Å². The maximum absolute atomic E-state index is 12.8. The molecule has 1 heterocycles. The Labute approximate surface area is 196 Å². The number of oxazole rings is 1. The zero-order chi connectivity index (χ0) is 23.4. The SMILES string of the molecule is Cc1ccc(-c2nc(CS(=O)(=O)CC(=O)N[C@@H](C)C34CC5CC(CC(C5)C3)C4)c(C)o2)cc1. The molecular weight excluding hydrogens is 436 g/mol. The van der Waals surface area contributed by atoms with E-state index in [4.69, 9.17) is 4.42 Å². The molecule has 0 radical (unpaired) electrons. The fourth-order valence-corrected chi connectivity index (χ4v) is 8.25. The minimum atomic E-state index is -3.67. The van der Waals surface area contributed by atoms with E-state index in [1.54, 1.807) is 6.92 Å². The van der Waals surface area contributed by atoms with E-state index in [-0.39, 0.29) is 17.2 Å². The quantitative estimate of drug-likeness (QED) is 0.639. The fourth-order valence-electron chi connectivity index (χ4n) is 6.98. The van der Waals surface area contributed by atoms with Gasteiger partial charge in [-0.2, -0.15) is 0 Å². The largest absolute Gasteiger partial charge is 0.441 e. The number of aryl methyl sites for hydroxylation is 2. The first-order valence-electron chi connectivity index (χ1n) is 12.1. The van der Waals surface area contributed by atoms with Crippen LogP contribution >= 0.6 is 0 Å². The van der Waals surface area contributed by atoms with Gasteiger partial charge in [-0.3, -0.25) is 4.79 Å². The molecule has 4 aliphatic rings. The van der Waals surface area contributed by atoms with E-state index < -0.39 is 21.5 Å². The molecule has 178 valence electrons. The highest BCUT2D eigenvalue weighted by molar-refractivity contribution is 7.91. The van der Waals surface area contributed by atoms with Crippen molar-refractivity contribution in [3.8, 4) is 11.5 Å². The molecule has 1 aromatic carbocycles.